The lowest BCUT2D eigenvalue weighted by atomic mass is 10.1. The maximum absolute atomic E-state index is 13.2. The number of halogens is 2. The van der Waals surface area contributed by atoms with Crippen molar-refractivity contribution in [3.05, 3.63) is 35.6 Å². The number of benzene rings is 1. The molecule has 0 radical (unpaired) electrons. The van der Waals surface area contributed by atoms with Crippen molar-refractivity contribution in [2.45, 2.75) is 19.1 Å². The Morgan fingerprint density at radius 3 is 2.52 bits per heavy atom. The second kappa shape index (κ2) is 10.9. The highest BCUT2D eigenvalue weighted by molar-refractivity contribution is 14.0. The van der Waals surface area contributed by atoms with Crippen molar-refractivity contribution < 1.29 is 17.5 Å². The Balaban J connectivity index is 0.00000300. The predicted molar refractivity (Wildman–Crippen MR) is 123 cm³/mol. The highest BCUT2D eigenvalue weighted by Gasteiger charge is 2.28. The van der Waals surface area contributed by atoms with E-state index in [1.54, 1.807) is 19.2 Å². The van der Waals surface area contributed by atoms with Crippen LogP contribution in [0.15, 0.2) is 29.3 Å². The molecular formula is C19H30FIN4O3S. The molecule has 7 nitrogen and oxygen atoms in total. The van der Waals surface area contributed by atoms with Crippen molar-refractivity contribution in [1.29, 1.82) is 0 Å². The van der Waals surface area contributed by atoms with Gasteiger partial charge in [-0.15, -0.1) is 24.0 Å². The minimum absolute atomic E-state index is 0. The van der Waals surface area contributed by atoms with Crippen molar-refractivity contribution in [3.63, 3.8) is 0 Å². The summed E-state index contributed by atoms with van der Waals surface area (Å²) in [6.07, 6.45) is -0.121. The lowest BCUT2D eigenvalue weighted by Gasteiger charge is -2.39. The first kappa shape index (κ1) is 24.3. The molecule has 2 unspecified atom stereocenters. The first-order valence-corrected chi connectivity index (χ1v) is 11.5. The molecule has 1 aromatic rings. The molecule has 2 heterocycles. The summed E-state index contributed by atoms with van der Waals surface area (Å²) < 4.78 is 42.3. The summed E-state index contributed by atoms with van der Waals surface area (Å²) in [4.78, 5) is 8.71. The minimum Gasteiger partial charge on any atom is -0.367 e. The summed E-state index contributed by atoms with van der Waals surface area (Å²) in [5.74, 6) is 1.02. The third kappa shape index (κ3) is 7.04. The van der Waals surface area contributed by atoms with Crippen LogP contribution in [0.5, 0.6) is 0 Å². The SMILES string of the molecule is CN=C(NCCN1CCS(=O)(=O)CC1)N1CC(C)OC(c2ccc(F)cc2)C1.I. The van der Waals surface area contributed by atoms with Crippen molar-refractivity contribution >= 4 is 39.8 Å². The Morgan fingerprint density at radius 1 is 1.24 bits per heavy atom. The molecule has 0 aromatic heterocycles. The fourth-order valence-corrected chi connectivity index (χ4v) is 4.89. The van der Waals surface area contributed by atoms with Crippen LogP contribution in [-0.4, -0.2) is 88.1 Å². The molecule has 0 aliphatic carbocycles. The highest BCUT2D eigenvalue weighted by atomic mass is 127. The monoisotopic (exact) mass is 540 g/mol. The van der Waals surface area contributed by atoms with E-state index in [1.165, 1.54) is 12.1 Å². The molecule has 0 spiro atoms. The number of ether oxygens (including phenoxy) is 1. The van der Waals surface area contributed by atoms with Crippen molar-refractivity contribution in [1.82, 2.24) is 15.1 Å². The van der Waals surface area contributed by atoms with Crippen molar-refractivity contribution in [2.24, 2.45) is 4.99 Å². The van der Waals surface area contributed by atoms with Crippen LogP contribution in [0, 0.1) is 5.82 Å². The number of morpholine rings is 1. The molecule has 2 aliphatic rings. The summed E-state index contributed by atoms with van der Waals surface area (Å²) in [6.45, 7) is 6.02. The third-order valence-electron chi connectivity index (χ3n) is 5.16. The van der Waals surface area contributed by atoms with Crippen LogP contribution in [0.4, 0.5) is 4.39 Å². The van der Waals surface area contributed by atoms with Gasteiger partial charge in [-0.3, -0.25) is 9.89 Å². The Morgan fingerprint density at radius 2 is 1.90 bits per heavy atom. The van der Waals surface area contributed by atoms with Crippen LogP contribution in [0.3, 0.4) is 0 Å². The largest absolute Gasteiger partial charge is 0.367 e. The molecule has 0 saturated carbocycles. The molecule has 2 aliphatic heterocycles. The zero-order valence-corrected chi connectivity index (χ0v) is 20.0. The fraction of sp³-hybridized carbons (Fsp3) is 0.632. The fourth-order valence-electron chi connectivity index (χ4n) is 3.62. The Labute approximate surface area is 189 Å². The number of nitrogens with one attached hydrogen (secondary N) is 1. The quantitative estimate of drug-likeness (QED) is 0.355. The second-order valence-corrected chi connectivity index (χ2v) is 9.66. The van der Waals surface area contributed by atoms with Gasteiger partial charge in [-0.2, -0.15) is 0 Å². The Kier molecular flexibility index (Phi) is 9.11. The average molecular weight is 540 g/mol. The molecule has 0 bridgehead atoms. The number of nitrogens with zero attached hydrogens (tertiary/aromatic N) is 3. The Hall–Kier alpha value is -0.980. The smallest absolute Gasteiger partial charge is 0.193 e. The molecule has 2 atom stereocenters. The number of guanidine groups is 1. The van der Waals surface area contributed by atoms with Crippen LogP contribution in [0.2, 0.25) is 0 Å². The zero-order chi connectivity index (χ0) is 20.1. The van der Waals surface area contributed by atoms with Gasteiger partial charge in [-0.1, -0.05) is 12.1 Å². The summed E-state index contributed by atoms with van der Waals surface area (Å²) in [6, 6.07) is 6.43. The average Bonchev–Trinajstić information content (AvgIpc) is 2.66. The van der Waals surface area contributed by atoms with E-state index >= 15 is 0 Å². The van der Waals surface area contributed by atoms with Crippen LogP contribution >= 0.6 is 24.0 Å². The van der Waals surface area contributed by atoms with E-state index < -0.39 is 9.84 Å². The van der Waals surface area contributed by atoms with Gasteiger partial charge in [0, 0.05) is 39.8 Å². The number of hydrogen-bond donors (Lipinski definition) is 1. The number of rotatable bonds is 4. The van der Waals surface area contributed by atoms with E-state index in [1.807, 2.05) is 6.92 Å². The maximum Gasteiger partial charge on any atom is 0.193 e. The summed E-state index contributed by atoms with van der Waals surface area (Å²) in [5, 5.41) is 3.38. The molecule has 1 aromatic carbocycles. The molecule has 29 heavy (non-hydrogen) atoms. The summed E-state index contributed by atoms with van der Waals surface area (Å²) in [7, 11) is -1.10. The molecule has 3 rings (SSSR count). The van der Waals surface area contributed by atoms with Gasteiger partial charge in [0.25, 0.3) is 0 Å². The van der Waals surface area contributed by atoms with Crippen molar-refractivity contribution in [2.75, 3.05) is 57.8 Å². The van der Waals surface area contributed by atoms with Gasteiger partial charge >= 0.3 is 0 Å². The van der Waals surface area contributed by atoms with Crippen LogP contribution in [-0.2, 0) is 14.6 Å². The topological polar surface area (TPSA) is 74.2 Å². The van der Waals surface area contributed by atoms with Crippen LogP contribution < -0.4 is 5.32 Å². The molecular weight excluding hydrogens is 510 g/mol. The summed E-state index contributed by atoms with van der Waals surface area (Å²) in [5.41, 5.74) is 0.947. The molecule has 0 amide bonds. The first-order valence-electron chi connectivity index (χ1n) is 9.65. The van der Waals surface area contributed by atoms with Gasteiger partial charge in [0.2, 0.25) is 0 Å². The molecule has 2 saturated heterocycles. The molecule has 2 fully saturated rings. The van der Waals surface area contributed by atoms with Crippen LogP contribution in [0.1, 0.15) is 18.6 Å². The van der Waals surface area contributed by atoms with E-state index in [0.29, 0.717) is 26.2 Å². The third-order valence-corrected chi connectivity index (χ3v) is 6.77. The normalized spacial score (nSPS) is 25.3. The Bertz CT molecular complexity index is 777. The van der Waals surface area contributed by atoms with Crippen LogP contribution in [0.25, 0.3) is 0 Å². The molecule has 164 valence electrons. The lowest BCUT2D eigenvalue weighted by Crippen LogP contribution is -2.52. The van der Waals surface area contributed by atoms with Gasteiger partial charge < -0.3 is 15.0 Å². The van der Waals surface area contributed by atoms with E-state index in [0.717, 1.165) is 24.6 Å². The number of aliphatic imine (C=N–C) groups is 1. The second-order valence-electron chi connectivity index (χ2n) is 7.36. The van der Waals surface area contributed by atoms with Gasteiger partial charge in [-0.05, 0) is 24.6 Å². The van der Waals surface area contributed by atoms with E-state index in [2.05, 4.69) is 20.1 Å². The first-order chi connectivity index (χ1) is 13.4. The van der Waals surface area contributed by atoms with Gasteiger partial charge in [0.05, 0.1) is 24.2 Å². The van der Waals surface area contributed by atoms with E-state index in [9.17, 15) is 12.8 Å². The molecule has 10 heteroatoms. The number of sulfone groups is 1. The highest BCUT2D eigenvalue weighted by Crippen LogP contribution is 2.25. The number of hydrogen-bond acceptors (Lipinski definition) is 5. The van der Waals surface area contributed by atoms with Gasteiger partial charge in [0.1, 0.15) is 11.9 Å². The molecule has 1 N–H and O–H groups in total. The minimum atomic E-state index is -2.85. The standard InChI is InChI=1S/C19H29FN4O3S.HI/c1-15-13-24(14-18(27-15)16-3-5-17(20)6-4-16)19(21-2)22-7-8-23-9-11-28(25,26)12-10-23;/h3-6,15,18H,7-14H2,1-2H3,(H,21,22);1H. The van der Waals surface area contributed by atoms with E-state index in [-0.39, 0.29) is 53.5 Å². The summed E-state index contributed by atoms with van der Waals surface area (Å²) >= 11 is 0. The van der Waals surface area contributed by atoms with Gasteiger partial charge in [-0.25, -0.2) is 12.8 Å². The predicted octanol–water partition coefficient (Wildman–Crippen LogP) is 1.51. The lowest BCUT2D eigenvalue weighted by molar-refractivity contribution is -0.0605. The zero-order valence-electron chi connectivity index (χ0n) is 16.9. The maximum atomic E-state index is 13.2. The van der Waals surface area contributed by atoms with Crippen molar-refractivity contribution in [3.8, 4) is 0 Å². The van der Waals surface area contributed by atoms with E-state index in [4.69, 9.17) is 4.74 Å². The van der Waals surface area contributed by atoms with Gasteiger partial charge in [0.15, 0.2) is 15.8 Å².